The van der Waals surface area contributed by atoms with Crippen LogP contribution in [0.3, 0.4) is 0 Å². The average molecular weight is 156 g/mol. The van der Waals surface area contributed by atoms with Crippen LogP contribution in [-0.4, -0.2) is 37.6 Å². The molecule has 1 saturated heterocycles. The van der Waals surface area contributed by atoms with Crippen LogP contribution in [0.25, 0.3) is 0 Å². The molecule has 1 N–H and O–H groups in total. The molecule has 0 spiro atoms. The summed E-state index contributed by atoms with van der Waals surface area (Å²) < 4.78 is 0. The standard InChI is InChI=1S/C9H20N2/c1-8(2)9-7-11(3)6-4-5-10-9/h8-10H,4-7H2,1-3H3/t9-/m1/s1. The summed E-state index contributed by atoms with van der Waals surface area (Å²) >= 11 is 0. The first-order chi connectivity index (χ1) is 5.20. The average Bonchev–Trinajstić information content (AvgIpc) is 2.13. The lowest BCUT2D eigenvalue weighted by Gasteiger charge is -2.23. The van der Waals surface area contributed by atoms with Crippen molar-refractivity contribution in [3.8, 4) is 0 Å². The predicted molar refractivity (Wildman–Crippen MR) is 48.7 cm³/mol. The van der Waals surface area contributed by atoms with Crippen LogP contribution in [0.4, 0.5) is 0 Å². The van der Waals surface area contributed by atoms with Crippen LogP contribution in [0.2, 0.25) is 0 Å². The van der Waals surface area contributed by atoms with E-state index < -0.39 is 0 Å². The van der Waals surface area contributed by atoms with Gasteiger partial charge in [0, 0.05) is 12.6 Å². The molecule has 0 saturated carbocycles. The van der Waals surface area contributed by atoms with E-state index in [9.17, 15) is 0 Å². The zero-order valence-electron chi connectivity index (χ0n) is 7.93. The van der Waals surface area contributed by atoms with Crippen LogP contribution < -0.4 is 5.32 Å². The number of hydrogen-bond acceptors (Lipinski definition) is 2. The SMILES string of the molecule is CC(C)[C@H]1CN(C)CCCN1. The Labute approximate surface area is 70.0 Å². The van der Waals surface area contributed by atoms with E-state index in [-0.39, 0.29) is 0 Å². The molecule has 1 fully saturated rings. The molecule has 1 aliphatic rings. The summed E-state index contributed by atoms with van der Waals surface area (Å²) in [5.74, 6) is 0.760. The van der Waals surface area contributed by atoms with Crippen molar-refractivity contribution in [1.29, 1.82) is 0 Å². The number of likely N-dealkylation sites (N-methyl/N-ethyl adjacent to an activating group) is 1. The molecule has 11 heavy (non-hydrogen) atoms. The first kappa shape index (κ1) is 9.01. The van der Waals surface area contributed by atoms with Crippen molar-refractivity contribution in [2.45, 2.75) is 26.3 Å². The predicted octanol–water partition coefficient (Wildman–Crippen LogP) is 0.936. The quantitative estimate of drug-likeness (QED) is 0.608. The number of hydrogen-bond donors (Lipinski definition) is 1. The Morgan fingerprint density at radius 1 is 1.45 bits per heavy atom. The molecule has 0 unspecified atom stereocenters. The van der Waals surface area contributed by atoms with Crippen molar-refractivity contribution in [3.63, 3.8) is 0 Å². The monoisotopic (exact) mass is 156 g/mol. The molecular weight excluding hydrogens is 136 g/mol. The van der Waals surface area contributed by atoms with Gasteiger partial charge < -0.3 is 10.2 Å². The summed E-state index contributed by atoms with van der Waals surface area (Å²) in [5.41, 5.74) is 0. The zero-order chi connectivity index (χ0) is 8.27. The number of nitrogens with one attached hydrogen (secondary N) is 1. The third-order valence-electron chi connectivity index (χ3n) is 2.44. The highest BCUT2D eigenvalue weighted by Gasteiger charge is 2.17. The first-order valence-corrected chi connectivity index (χ1v) is 4.62. The van der Waals surface area contributed by atoms with Gasteiger partial charge in [0.15, 0.2) is 0 Å². The maximum absolute atomic E-state index is 3.57. The van der Waals surface area contributed by atoms with Gasteiger partial charge in [-0.3, -0.25) is 0 Å². The highest BCUT2D eigenvalue weighted by Crippen LogP contribution is 2.06. The molecule has 0 aromatic carbocycles. The summed E-state index contributed by atoms with van der Waals surface area (Å²) in [4.78, 5) is 2.42. The van der Waals surface area contributed by atoms with E-state index in [1.165, 1.54) is 26.1 Å². The van der Waals surface area contributed by atoms with E-state index in [0.717, 1.165) is 5.92 Å². The summed E-state index contributed by atoms with van der Waals surface area (Å²) in [6.07, 6.45) is 1.29. The fraction of sp³-hybridized carbons (Fsp3) is 1.00. The van der Waals surface area contributed by atoms with E-state index in [4.69, 9.17) is 0 Å². The molecular formula is C9H20N2. The molecule has 1 atom stereocenters. The topological polar surface area (TPSA) is 15.3 Å². The lowest BCUT2D eigenvalue weighted by atomic mass is 10.0. The highest BCUT2D eigenvalue weighted by atomic mass is 15.1. The second-order valence-electron chi connectivity index (χ2n) is 3.92. The maximum Gasteiger partial charge on any atom is 0.0217 e. The van der Waals surface area contributed by atoms with E-state index in [1.807, 2.05) is 0 Å². The van der Waals surface area contributed by atoms with Crippen molar-refractivity contribution in [3.05, 3.63) is 0 Å². The van der Waals surface area contributed by atoms with E-state index in [2.05, 4.69) is 31.1 Å². The molecule has 0 aromatic heterocycles. The zero-order valence-corrected chi connectivity index (χ0v) is 7.93. The van der Waals surface area contributed by atoms with Crippen LogP contribution in [0.5, 0.6) is 0 Å². The Balaban J connectivity index is 2.39. The van der Waals surface area contributed by atoms with Gasteiger partial charge in [-0.25, -0.2) is 0 Å². The van der Waals surface area contributed by atoms with Gasteiger partial charge in [0.1, 0.15) is 0 Å². The molecule has 0 aromatic rings. The highest BCUT2D eigenvalue weighted by molar-refractivity contribution is 4.76. The van der Waals surface area contributed by atoms with Gasteiger partial charge in [0.25, 0.3) is 0 Å². The van der Waals surface area contributed by atoms with E-state index >= 15 is 0 Å². The number of nitrogens with zero attached hydrogens (tertiary/aromatic N) is 1. The summed E-state index contributed by atoms with van der Waals surface area (Å²) in [6.45, 7) is 8.22. The molecule has 66 valence electrons. The molecule has 2 nitrogen and oxygen atoms in total. The van der Waals surface area contributed by atoms with Gasteiger partial charge in [-0.1, -0.05) is 13.8 Å². The van der Waals surface area contributed by atoms with Crippen molar-refractivity contribution in [2.75, 3.05) is 26.7 Å². The van der Waals surface area contributed by atoms with Gasteiger partial charge in [0.05, 0.1) is 0 Å². The second kappa shape index (κ2) is 4.07. The third kappa shape index (κ3) is 2.80. The fourth-order valence-corrected chi connectivity index (χ4v) is 1.57. The summed E-state index contributed by atoms with van der Waals surface area (Å²) in [6, 6.07) is 0.697. The van der Waals surface area contributed by atoms with Crippen LogP contribution in [0.15, 0.2) is 0 Å². The van der Waals surface area contributed by atoms with Crippen LogP contribution in [0, 0.1) is 5.92 Å². The van der Waals surface area contributed by atoms with Crippen molar-refractivity contribution >= 4 is 0 Å². The van der Waals surface area contributed by atoms with Crippen LogP contribution >= 0.6 is 0 Å². The Morgan fingerprint density at radius 2 is 2.18 bits per heavy atom. The lowest BCUT2D eigenvalue weighted by molar-refractivity contribution is 0.290. The van der Waals surface area contributed by atoms with Crippen LogP contribution in [-0.2, 0) is 0 Å². The first-order valence-electron chi connectivity index (χ1n) is 4.62. The maximum atomic E-state index is 3.57. The lowest BCUT2D eigenvalue weighted by Crippen LogP contribution is -2.39. The van der Waals surface area contributed by atoms with Crippen molar-refractivity contribution in [1.82, 2.24) is 10.2 Å². The molecule has 0 bridgehead atoms. The fourth-order valence-electron chi connectivity index (χ4n) is 1.57. The minimum atomic E-state index is 0.697. The molecule has 0 radical (unpaired) electrons. The molecule has 0 aliphatic carbocycles. The Morgan fingerprint density at radius 3 is 2.82 bits per heavy atom. The van der Waals surface area contributed by atoms with Gasteiger partial charge >= 0.3 is 0 Å². The number of rotatable bonds is 1. The van der Waals surface area contributed by atoms with Gasteiger partial charge in [-0.05, 0) is 32.5 Å². The molecule has 2 heteroatoms. The Bertz CT molecular complexity index is 112. The summed E-state index contributed by atoms with van der Waals surface area (Å²) in [5, 5.41) is 3.57. The smallest absolute Gasteiger partial charge is 0.0217 e. The van der Waals surface area contributed by atoms with Gasteiger partial charge in [-0.15, -0.1) is 0 Å². The molecule has 1 heterocycles. The Kier molecular flexibility index (Phi) is 3.34. The van der Waals surface area contributed by atoms with Crippen molar-refractivity contribution < 1.29 is 0 Å². The largest absolute Gasteiger partial charge is 0.312 e. The second-order valence-corrected chi connectivity index (χ2v) is 3.92. The molecule has 0 amide bonds. The van der Waals surface area contributed by atoms with E-state index in [0.29, 0.717) is 6.04 Å². The minimum Gasteiger partial charge on any atom is -0.312 e. The molecule has 1 rings (SSSR count). The normalized spacial score (nSPS) is 28.9. The Hall–Kier alpha value is -0.0800. The van der Waals surface area contributed by atoms with E-state index in [1.54, 1.807) is 0 Å². The van der Waals surface area contributed by atoms with Crippen molar-refractivity contribution in [2.24, 2.45) is 5.92 Å². The molecule has 1 aliphatic heterocycles. The third-order valence-corrected chi connectivity index (χ3v) is 2.44. The van der Waals surface area contributed by atoms with Gasteiger partial charge in [-0.2, -0.15) is 0 Å². The summed E-state index contributed by atoms with van der Waals surface area (Å²) in [7, 11) is 2.21. The minimum absolute atomic E-state index is 0.697. The van der Waals surface area contributed by atoms with Crippen LogP contribution in [0.1, 0.15) is 20.3 Å². The van der Waals surface area contributed by atoms with Gasteiger partial charge in [0.2, 0.25) is 0 Å².